The Hall–Kier alpha value is -3.12. The monoisotopic (exact) mass is 531 g/mol. The van der Waals surface area contributed by atoms with Gasteiger partial charge >= 0.3 is 0 Å². The lowest BCUT2D eigenvalue weighted by molar-refractivity contribution is 0.401. The number of aryl methyl sites for hydroxylation is 1. The van der Waals surface area contributed by atoms with E-state index in [0.29, 0.717) is 17.4 Å². The third-order valence-electron chi connectivity index (χ3n) is 6.72. The SMILES string of the molecule is Cc1cccc2c(N(C)CCCN(C)C)nc(-c3cn(Cc4ccc(Cl)cc4)c4c(Cl)cccc34)nc12. The standard InChI is InChI=1S/C30H31Cl2N5/c1-20-8-5-10-24-27(20)33-29(34-30(24)36(4)17-7-16-35(2)3)25-19-37(18-21-12-14-22(31)15-13-21)28-23(25)9-6-11-26(28)32/h5-6,8-15,19H,7,16-18H2,1-4H3. The summed E-state index contributed by atoms with van der Waals surface area (Å²) in [6.07, 6.45) is 3.17. The van der Waals surface area contributed by atoms with Crippen LogP contribution in [0, 0.1) is 6.92 Å². The Morgan fingerprint density at radius 2 is 1.57 bits per heavy atom. The van der Waals surface area contributed by atoms with Crippen LogP contribution < -0.4 is 4.90 Å². The van der Waals surface area contributed by atoms with Crippen molar-refractivity contribution >= 4 is 50.8 Å². The molecular formula is C30H31Cl2N5. The fourth-order valence-corrected chi connectivity index (χ4v) is 5.23. The van der Waals surface area contributed by atoms with E-state index in [1.807, 2.05) is 36.4 Å². The summed E-state index contributed by atoms with van der Waals surface area (Å²) in [5, 5.41) is 3.53. The predicted molar refractivity (Wildman–Crippen MR) is 157 cm³/mol. The highest BCUT2D eigenvalue weighted by Crippen LogP contribution is 2.36. The molecule has 0 saturated heterocycles. The molecule has 190 valence electrons. The molecule has 2 heterocycles. The van der Waals surface area contributed by atoms with Crippen LogP contribution in [0.2, 0.25) is 10.0 Å². The second kappa shape index (κ2) is 10.7. The molecule has 37 heavy (non-hydrogen) atoms. The average Bonchev–Trinajstić information content (AvgIpc) is 3.24. The van der Waals surface area contributed by atoms with Gasteiger partial charge in [-0.1, -0.05) is 59.6 Å². The maximum absolute atomic E-state index is 6.74. The zero-order valence-electron chi connectivity index (χ0n) is 21.7. The van der Waals surface area contributed by atoms with Crippen molar-refractivity contribution in [1.29, 1.82) is 0 Å². The quantitative estimate of drug-likeness (QED) is 0.210. The molecule has 0 atom stereocenters. The van der Waals surface area contributed by atoms with Crippen LogP contribution >= 0.6 is 23.2 Å². The minimum atomic E-state index is 0.668. The zero-order valence-corrected chi connectivity index (χ0v) is 23.2. The largest absolute Gasteiger partial charge is 0.359 e. The van der Waals surface area contributed by atoms with Crippen molar-refractivity contribution in [3.8, 4) is 11.4 Å². The first-order valence-electron chi connectivity index (χ1n) is 12.5. The van der Waals surface area contributed by atoms with E-state index in [0.717, 1.165) is 68.8 Å². The van der Waals surface area contributed by atoms with Crippen molar-refractivity contribution in [3.05, 3.63) is 88.0 Å². The molecule has 0 amide bonds. The maximum atomic E-state index is 6.74. The molecule has 5 aromatic rings. The van der Waals surface area contributed by atoms with E-state index in [4.69, 9.17) is 33.2 Å². The van der Waals surface area contributed by atoms with Crippen LogP contribution in [0.3, 0.4) is 0 Å². The van der Waals surface area contributed by atoms with Crippen molar-refractivity contribution in [2.45, 2.75) is 19.9 Å². The van der Waals surface area contributed by atoms with E-state index in [9.17, 15) is 0 Å². The highest BCUT2D eigenvalue weighted by Gasteiger charge is 2.19. The van der Waals surface area contributed by atoms with Crippen LogP contribution in [0.25, 0.3) is 33.2 Å². The number of nitrogens with zero attached hydrogens (tertiary/aromatic N) is 5. The lowest BCUT2D eigenvalue weighted by atomic mass is 10.1. The van der Waals surface area contributed by atoms with Crippen molar-refractivity contribution in [3.63, 3.8) is 0 Å². The first-order valence-corrected chi connectivity index (χ1v) is 13.2. The van der Waals surface area contributed by atoms with Gasteiger partial charge in [0.05, 0.1) is 16.1 Å². The molecule has 0 aliphatic carbocycles. The summed E-state index contributed by atoms with van der Waals surface area (Å²) >= 11 is 12.9. The fraction of sp³-hybridized carbons (Fsp3) is 0.267. The third kappa shape index (κ3) is 5.30. The molecule has 0 radical (unpaired) electrons. The van der Waals surface area contributed by atoms with Crippen LogP contribution in [-0.4, -0.2) is 53.7 Å². The molecule has 0 fully saturated rings. The molecular weight excluding hydrogens is 501 g/mol. The van der Waals surface area contributed by atoms with Gasteiger partial charge in [0.15, 0.2) is 5.82 Å². The van der Waals surface area contributed by atoms with Gasteiger partial charge in [-0.3, -0.25) is 0 Å². The Labute approximate surface area is 228 Å². The van der Waals surface area contributed by atoms with Crippen LogP contribution in [-0.2, 0) is 6.54 Å². The van der Waals surface area contributed by atoms with E-state index in [-0.39, 0.29) is 0 Å². The van der Waals surface area contributed by atoms with E-state index in [1.54, 1.807) is 0 Å². The number of hydrogen-bond donors (Lipinski definition) is 0. The zero-order chi connectivity index (χ0) is 26.1. The van der Waals surface area contributed by atoms with Crippen LogP contribution in [0.5, 0.6) is 0 Å². The Morgan fingerprint density at radius 1 is 0.838 bits per heavy atom. The molecule has 0 spiro atoms. The number of aromatic nitrogens is 3. The summed E-state index contributed by atoms with van der Waals surface area (Å²) in [5.41, 5.74) is 5.20. The van der Waals surface area contributed by atoms with E-state index < -0.39 is 0 Å². The molecule has 0 N–H and O–H groups in total. The molecule has 3 aromatic carbocycles. The number of anilines is 1. The highest BCUT2D eigenvalue weighted by molar-refractivity contribution is 6.35. The van der Waals surface area contributed by atoms with Crippen molar-refractivity contribution in [2.24, 2.45) is 0 Å². The van der Waals surface area contributed by atoms with Gasteiger partial charge in [0.25, 0.3) is 0 Å². The normalized spacial score (nSPS) is 11.6. The Bertz CT molecular complexity index is 1560. The smallest absolute Gasteiger partial charge is 0.164 e. The topological polar surface area (TPSA) is 37.2 Å². The maximum Gasteiger partial charge on any atom is 0.164 e. The summed E-state index contributed by atoms with van der Waals surface area (Å²) in [6, 6.07) is 20.2. The summed E-state index contributed by atoms with van der Waals surface area (Å²) in [6.45, 7) is 4.70. The minimum Gasteiger partial charge on any atom is -0.359 e. The van der Waals surface area contributed by atoms with Gasteiger partial charge in [-0.2, -0.15) is 0 Å². The van der Waals surface area contributed by atoms with Crippen molar-refractivity contribution < 1.29 is 0 Å². The van der Waals surface area contributed by atoms with Gasteiger partial charge in [-0.15, -0.1) is 0 Å². The lowest BCUT2D eigenvalue weighted by Crippen LogP contribution is -2.24. The van der Waals surface area contributed by atoms with Gasteiger partial charge in [-0.25, -0.2) is 9.97 Å². The van der Waals surface area contributed by atoms with Crippen LogP contribution in [0.4, 0.5) is 5.82 Å². The molecule has 7 heteroatoms. The van der Waals surface area contributed by atoms with Gasteiger partial charge in [-0.05, 0) is 69.4 Å². The molecule has 0 aliphatic rings. The summed E-state index contributed by atoms with van der Waals surface area (Å²) in [7, 11) is 6.32. The summed E-state index contributed by atoms with van der Waals surface area (Å²) in [4.78, 5) is 14.7. The number of hydrogen-bond acceptors (Lipinski definition) is 4. The van der Waals surface area contributed by atoms with Crippen LogP contribution in [0.1, 0.15) is 17.5 Å². The Kier molecular flexibility index (Phi) is 7.38. The molecule has 0 aliphatic heterocycles. The second-order valence-corrected chi connectivity index (χ2v) is 10.7. The van der Waals surface area contributed by atoms with E-state index in [1.165, 1.54) is 0 Å². The first kappa shape index (κ1) is 25.5. The molecule has 2 aromatic heterocycles. The molecule has 0 unspecified atom stereocenters. The number of halogens is 2. The second-order valence-electron chi connectivity index (χ2n) is 9.85. The van der Waals surface area contributed by atoms with Gasteiger partial charge < -0.3 is 14.4 Å². The van der Waals surface area contributed by atoms with E-state index in [2.05, 4.69) is 72.9 Å². The molecule has 5 rings (SSSR count). The van der Waals surface area contributed by atoms with Gasteiger partial charge in [0.2, 0.25) is 0 Å². The molecule has 0 saturated carbocycles. The van der Waals surface area contributed by atoms with Crippen LogP contribution in [0.15, 0.2) is 66.9 Å². The minimum absolute atomic E-state index is 0.668. The van der Waals surface area contributed by atoms with Crippen molar-refractivity contribution in [1.82, 2.24) is 19.4 Å². The fourth-order valence-electron chi connectivity index (χ4n) is 4.82. The number of para-hydroxylation sites is 2. The number of fused-ring (bicyclic) bond motifs is 2. The van der Waals surface area contributed by atoms with Gasteiger partial charge in [0, 0.05) is 47.7 Å². The third-order valence-corrected chi connectivity index (χ3v) is 7.28. The predicted octanol–water partition coefficient (Wildman–Crippen LogP) is 7.30. The van der Waals surface area contributed by atoms with E-state index >= 15 is 0 Å². The number of rotatable bonds is 8. The van der Waals surface area contributed by atoms with Gasteiger partial charge in [0.1, 0.15) is 5.82 Å². The molecule has 5 nitrogen and oxygen atoms in total. The summed E-state index contributed by atoms with van der Waals surface area (Å²) < 4.78 is 2.18. The lowest BCUT2D eigenvalue weighted by Gasteiger charge is -2.22. The molecule has 0 bridgehead atoms. The van der Waals surface area contributed by atoms with Crippen molar-refractivity contribution in [2.75, 3.05) is 39.1 Å². The summed E-state index contributed by atoms with van der Waals surface area (Å²) in [5.74, 6) is 1.65. The highest BCUT2D eigenvalue weighted by atomic mass is 35.5. The number of benzene rings is 3. The Balaban J connectivity index is 1.65. The Morgan fingerprint density at radius 3 is 2.32 bits per heavy atom. The average molecular weight is 533 g/mol. The first-order chi connectivity index (χ1) is 17.8.